The zero-order valence-corrected chi connectivity index (χ0v) is 9.95. The average Bonchev–Trinajstić information content (AvgIpc) is 2.75. The van der Waals surface area contributed by atoms with Crippen molar-refractivity contribution in [3.05, 3.63) is 40.7 Å². The number of aromatic nitrogens is 1. The van der Waals surface area contributed by atoms with Gasteiger partial charge in [0.2, 0.25) is 0 Å². The van der Waals surface area contributed by atoms with Crippen LogP contribution >= 0.6 is 11.3 Å². The molecule has 0 spiro atoms. The molecule has 0 fully saturated rings. The number of hydrogen-bond donors (Lipinski definition) is 0. The van der Waals surface area contributed by atoms with Gasteiger partial charge >= 0.3 is 0 Å². The lowest BCUT2D eigenvalue weighted by Gasteiger charge is -2.00. The van der Waals surface area contributed by atoms with Gasteiger partial charge in [-0.05, 0) is 18.6 Å². The molecule has 0 aliphatic heterocycles. The fourth-order valence-corrected chi connectivity index (χ4v) is 2.37. The maximum atomic E-state index is 13.5. The van der Waals surface area contributed by atoms with E-state index in [0.29, 0.717) is 5.01 Å². The third kappa shape index (κ3) is 2.34. The minimum absolute atomic E-state index is 0.0104. The molecule has 0 atom stereocenters. The monoisotopic (exact) mass is 257 g/mol. The summed E-state index contributed by atoms with van der Waals surface area (Å²) < 4.78 is 39.3. The van der Waals surface area contributed by atoms with Crippen molar-refractivity contribution in [1.82, 2.24) is 4.98 Å². The molecule has 0 aliphatic rings. The Bertz CT molecular complexity index is 537. The molecule has 0 bridgehead atoms. The van der Waals surface area contributed by atoms with Crippen LogP contribution in [-0.2, 0) is 6.42 Å². The molecule has 0 aliphatic carbocycles. The van der Waals surface area contributed by atoms with Crippen LogP contribution in [0.5, 0.6) is 0 Å². The number of halogens is 3. The summed E-state index contributed by atoms with van der Waals surface area (Å²) in [5, 5.41) is 2.18. The van der Waals surface area contributed by atoms with Crippen molar-refractivity contribution in [2.75, 3.05) is 0 Å². The van der Waals surface area contributed by atoms with Crippen molar-refractivity contribution >= 4 is 11.3 Å². The molecule has 1 nitrogen and oxygen atoms in total. The highest BCUT2D eigenvalue weighted by molar-refractivity contribution is 7.13. The molecule has 1 heterocycles. The fourth-order valence-electron chi connectivity index (χ4n) is 1.49. The first kappa shape index (κ1) is 12.1. The van der Waals surface area contributed by atoms with Gasteiger partial charge in [0.25, 0.3) is 0 Å². The number of nitrogens with zero attached hydrogens (tertiary/aromatic N) is 1. The summed E-state index contributed by atoms with van der Waals surface area (Å²) in [5.74, 6) is -3.81. The van der Waals surface area contributed by atoms with Crippen LogP contribution in [0.2, 0.25) is 0 Å². The van der Waals surface area contributed by atoms with Crippen LogP contribution in [-0.4, -0.2) is 4.98 Å². The van der Waals surface area contributed by atoms with Crippen LogP contribution < -0.4 is 0 Å². The van der Waals surface area contributed by atoms with Crippen molar-refractivity contribution in [2.45, 2.75) is 19.8 Å². The zero-order chi connectivity index (χ0) is 12.4. The standard InChI is InChI=1S/C12H10F3NS/c1-2-3-7-6-17-12(16-7)8-4-5-9(13)11(15)10(8)14/h4-6H,2-3H2,1H3. The Hall–Kier alpha value is -1.36. The molecule has 0 saturated heterocycles. The lowest BCUT2D eigenvalue weighted by molar-refractivity contribution is 0.449. The van der Waals surface area contributed by atoms with Crippen LogP contribution in [0.1, 0.15) is 19.0 Å². The second-order valence-electron chi connectivity index (χ2n) is 3.62. The third-order valence-electron chi connectivity index (χ3n) is 2.32. The third-order valence-corrected chi connectivity index (χ3v) is 3.25. The Morgan fingerprint density at radius 2 is 1.94 bits per heavy atom. The lowest BCUT2D eigenvalue weighted by atomic mass is 10.2. The molecule has 2 rings (SSSR count). The van der Waals surface area contributed by atoms with Gasteiger partial charge in [-0.3, -0.25) is 0 Å². The maximum absolute atomic E-state index is 13.5. The van der Waals surface area contributed by atoms with E-state index in [9.17, 15) is 13.2 Å². The molecule has 0 unspecified atom stereocenters. The van der Waals surface area contributed by atoms with Gasteiger partial charge in [0.1, 0.15) is 5.01 Å². The highest BCUT2D eigenvalue weighted by Crippen LogP contribution is 2.28. The van der Waals surface area contributed by atoms with Gasteiger partial charge in [0.15, 0.2) is 17.5 Å². The van der Waals surface area contributed by atoms with Gasteiger partial charge < -0.3 is 0 Å². The van der Waals surface area contributed by atoms with E-state index in [2.05, 4.69) is 4.98 Å². The van der Waals surface area contributed by atoms with E-state index in [4.69, 9.17) is 0 Å². The summed E-state index contributed by atoms with van der Waals surface area (Å²) in [4.78, 5) is 4.19. The average molecular weight is 257 g/mol. The van der Waals surface area contributed by atoms with Gasteiger partial charge in [-0.2, -0.15) is 0 Å². The number of aryl methyl sites for hydroxylation is 1. The van der Waals surface area contributed by atoms with Crippen LogP contribution in [0.15, 0.2) is 17.5 Å². The second kappa shape index (κ2) is 4.87. The van der Waals surface area contributed by atoms with E-state index < -0.39 is 17.5 Å². The Kier molecular flexibility index (Phi) is 3.47. The molecule has 17 heavy (non-hydrogen) atoms. The van der Waals surface area contributed by atoms with Gasteiger partial charge in [-0.15, -0.1) is 11.3 Å². The largest absolute Gasteiger partial charge is 0.241 e. The van der Waals surface area contributed by atoms with Crippen LogP contribution in [0, 0.1) is 17.5 Å². The van der Waals surface area contributed by atoms with Crippen molar-refractivity contribution in [2.24, 2.45) is 0 Å². The second-order valence-corrected chi connectivity index (χ2v) is 4.48. The van der Waals surface area contributed by atoms with Gasteiger partial charge in [0.05, 0.1) is 5.69 Å². The summed E-state index contributed by atoms with van der Waals surface area (Å²) in [6, 6.07) is 2.12. The summed E-state index contributed by atoms with van der Waals surface area (Å²) in [6.45, 7) is 2.01. The van der Waals surface area contributed by atoms with Crippen molar-refractivity contribution in [3.8, 4) is 10.6 Å². The van der Waals surface area contributed by atoms with E-state index in [0.717, 1.165) is 24.6 Å². The summed E-state index contributed by atoms with van der Waals surface area (Å²) in [6.07, 6.45) is 1.73. The Morgan fingerprint density at radius 3 is 2.65 bits per heavy atom. The quantitative estimate of drug-likeness (QED) is 0.752. The Balaban J connectivity index is 2.42. The molecule has 0 amide bonds. The first-order valence-electron chi connectivity index (χ1n) is 5.21. The molecule has 90 valence electrons. The predicted molar refractivity (Wildman–Crippen MR) is 61.4 cm³/mol. The van der Waals surface area contributed by atoms with Crippen LogP contribution in [0.25, 0.3) is 10.6 Å². The van der Waals surface area contributed by atoms with E-state index in [1.165, 1.54) is 17.4 Å². The highest BCUT2D eigenvalue weighted by atomic mass is 32.1. The molecular weight excluding hydrogens is 247 g/mol. The highest BCUT2D eigenvalue weighted by Gasteiger charge is 2.16. The molecule has 0 saturated carbocycles. The SMILES string of the molecule is CCCc1csc(-c2ccc(F)c(F)c2F)n1. The van der Waals surface area contributed by atoms with E-state index in [1.807, 2.05) is 6.92 Å². The summed E-state index contributed by atoms with van der Waals surface area (Å²) in [5.41, 5.74) is 0.855. The smallest absolute Gasteiger partial charge is 0.195 e. The number of hydrogen-bond acceptors (Lipinski definition) is 2. The summed E-state index contributed by atoms with van der Waals surface area (Å²) >= 11 is 1.23. The number of benzene rings is 1. The maximum Gasteiger partial charge on any atom is 0.195 e. The van der Waals surface area contributed by atoms with Crippen molar-refractivity contribution < 1.29 is 13.2 Å². The first-order chi connectivity index (χ1) is 8.13. The molecule has 1 aromatic carbocycles. The number of rotatable bonds is 3. The molecule has 1 aromatic heterocycles. The molecular formula is C12H10F3NS. The molecule has 0 N–H and O–H groups in total. The topological polar surface area (TPSA) is 12.9 Å². The normalized spacial score (nSPS) is 10.8. The zero-order valence-electron chi connectivity index (χ0n) is 9.14. The van der Waals surface area contributed by atoms with Crippen LogP contribution in [0.4, 0.5) is 13.2 Å². The van der Waals surface area contributed by atoms with Gasteiger partial charge in [0, 0.05) is 10.9 Å². The molecule has 0 radical (unpaired) electrons. The fraction of sp³-hybridized carbons (Fsp3) is 0.250. The van der Waals surface area contributed by atoms with Gasteiger partial charge in [-0.25, -0.2) is 18.2 Å². The van der Waals surface area contributed by atoms with E-state index in [-0.39, 0.29) is 5.56 Å². The minimum Gasteiger partial charge on any atom is -0.241 e. The van der Waals surface area contributed by atoms with E-state index >= 15 is 0 Å². The Labute approximate surface area is 101 Å². The summed E-state index contributed by atoms with van der Waals surface area (Å²) in [7, 11) is 0. The predicted octanol–water partition coefficient (Wildman–Crippen LogP) is 4.18. The lowest BCUT2D eigenvalue weighted by Crippen LogP contribution is -1.94. The van der Waals surface area contributed by atoms with E-state index in [1.54, 1.807) is 5.38 Å². The van der Waals surface area contributed by atoms with Crippen molar-refractivity contribution in [3.63, 3.8) is 0 Å². The van der Waals surface area contributed by atoms with Gasteiger partial charge in [-0.1, -0.05) is 13.3 Å². The van der Waals surface area contributed by atoms with Crippen LogP contribution in [0.3, 0.4) is 0 Å². The number of thiazole rings is 1. The molecule has 5 heteroatoms. The molecule has 2 aromatic rings. The first-order valence-corrected chi connectivity index (χ1v) is 6.09. The van der Waals surface area contributed by atoms with Crippen molar-refractivity contribution in [1.29, 1.82) is 0 Å². The minimum atomic E-state index is -1.45. The Morgan fingerprint density at radius 1 is 1.18 bits per heavy atom.